The van der Waals surface area contributed by atoms with Crippen LogP contribution >= 0.6 is 23.2 Å². The van der Waals surface area contributed by atoms with E-state index in [-0.39, 0.29) is 16.5 Å². The Morgan fingerprint density at radius 1 is 1.05 bits per heavy atom. The zero-order valence-electron chi connectivity index (χ0n) is 10.6. The standard InChI is InChI=1S/C15H11Cl2NO2/c1-9-5-7-10(8-6-9)15(20)18-12-4-2-3-11(13(12)16)14(17)19/h2-8H,1H3,(H,18,20). The van der Waals surface area contributed by atoms with Crippen LogP contribution in [0.2, 0.25) is 5.02 Å². The fourth-order valence-electron chi connectivity index (χ4n) is 1.68. The lowest BCUT2D eigenvalue weighted by atomic mass is 10.1. The molecule has 20 heavy (non-hydrogen) atoms. The molecule has 0 aliphatic carbocycles. The second-order valence-electron chi connectivity index (χ2n) is 4.26. The second kappa shape index (κ2) is 6.07. The Kier molecular flexibility index (Phi) is 4.42. The Bertz CT molecular complexity index is 666. The van der Waals surface area contributed by atoms with Crippen LogP contribution in [-0.4, -0.2) is 11.1 Å². The number of hydrogen-bond donors (Lipinski definition) is 1. The predicted octanol–water partition coefficient (Wildman–Crippen LogP) is 4.28. The van der Waals surface area contributed by atoms with Gasteiger partial charge in [0.25, 0.3) is 11.1 Å². The van der Waals surface area contributed by atoms with Gasteiger partial charge in [0, 0.05) is 5.56 Å². The summed E-state index contributed by atoms with van der Waals surface area (Å²) >= 11 is 11.5. The molecule has 0 atom stereocenters. The first-order valence-electron chi connectivity index (χ1n) is 5.85. The number of amides is 1. The molecule has 0 radical (unpaired) electrons. The monoisotopic (exact) mass is 307 g/mol. The molecule has 0 aliphatic heterocycles. The van der Waals surface area contributed by atoms with Crippen molar-refractivity contribution in [2.45, 2.75) is 6.92 Å². The molecule has 0 saturated carbocycles. The van der Waals surface area contributed by atoms with E-state index >= 15 is 0 Å². The van der Waals surface area contributed by atoms with Crippen molar-refractivity contribution in [3.05, 3.63) is 64.2 Å². The summed E-state index contributed by atoms with van der Waals surface area (Å²) in [6.45, 7) is 1.94. The minimum Gasteiger partial charge on any atom is -0.321 e. The minimum atomic E-state index is -0.665. The fourth-order valence-corrected chi connectivity index (χ4v) is 2.14. The summed E-state index contributed by atoms with van der Waals surface area (Å²) < 4.78 is 0. The highest BCUT2D eigenvalue weighted by atomic mass is 35.5. The highest BCUT2D eigenvalue weighted by Gasteiger charge is 2.13. The number of rotatable bonds is 3. The van der Waals surface area contributed by atoms with E-state index < -0.39 is 5.24 Å². The summed E-state index contributed by atoms with van der Waals surface area (Å²) in [5, 5.41) is 2.13. The van der Waals surface area contributed by atoms with Gasteiger partial charge in [0.05, 0.1) is 16.3 Å². The molecule has 102 valence electrons. The van der Waals surface area contributed by atoms with Gasteiger partial charge in [-0.15, -0.1) is 0 Å². The molecule has 2 aromatic rings. The number of hydrogen-bond acceptors (Lipinski definition) is 2. The zero-order chi connectivity index (χ0) is 14.7. The van der Waals surface area contributed by atoms with E-state index in [1.807, 2.05) is 19.1 Å². The van der Waals surface area contributed by atoms with Crippen molar-refractivity contribution in [1.82, 2.24) is 0 Å². The van der Waals surface area contributed by atoms with E-state index in [0.29, 0.717) is 11.3 Å². The lowest BCUT2D eigenvalue weighted by Gasteiger charge is -2.09. The van der Waals surface area contributed by atoms with Gasteiger partial charge in [-0.1, -0.05) is 35.4 Å². The van der Waals surface area contributed by atoms with Crippen molar-refractivity contribution in [2.24, 2.45) is 0 Å². The molecule has 0 unspecified atom stereocenters. The van der Waals surface area contributed by atoms with Gasteiger partial charge in [0.15, 0.2) is 0 Å². The van der Waals surface area contributed by atoms with Crippen molar-refractivity contribution in [2.75, 3.05) is 5.32 Å². The van der Waals surface area contributed by atoms with Crippen LogP contribution in [0.4, 0.5) is 5.69 Å². The molecule has 0 bridgehead atoms. The molecule has 3 nitrogen and oxygen atoms in total. The molecule has 0 aromatic heterocycles. The van der Waals surface area contributed by atoms with Crippen molar-refractivity contribution in [1.29, 1.82) is 0 Å². The first-order valence-corrected chi connectivity index (χ1v) is 6.61. The van der Waals surface area contributed by atoms with Crippen LogP contribution in [0.5, 0.6) is 0 Å². The van der Waals surface area contributed by atoms with Crippen LogP contribution < -0.4 is 5.32 Å². The van der Waals surface area contributed by atoms with Gasteiger partial charge in [0.2, 0.25) is 0 Å². The third kappa shape index (κ3) is 3.18. The van der Waals surface area contributed by atoms with E-state index in [4.69, 9.17) is 23.2 Å². The van der Waals surface area contributed by atoms with Crippen LogP contribution in [0, 0.1) is 6.92 Å². The summed E-state index contributed by atoms with van der Waals surface area (Å²) in [7, 11) is 0. The molecular weight excluding hydrogens is 297 g/mol. The Hall–Kier alpha value is -1.84. The summed E-state index contributed by atoms with van der Waals surface area (Å²) in [6, 6.07) is 11.8. The van der Waals surface area contributed by atoms with Gasteiger partial charge < -0.3 is 5.32 Å². The first kappa shape index (κ1) is 14.6. The minimum absolute atomic E-state index is 0.132. The van der Waals surface area contributed by atoms with E-state index in [0.717, 1.165) is 5.56 Å². The Labute approximate surface area is 126 Å². The molecule has 0 saturated heterocycles. The smallest absolute Gasteiger partial charge is 0.255 e. The maximum absolute atomic E-state index is 12.1. The largest absolute Gasteiger partial charge is 0.321 e. The third-order valence-electron chi connectivity index (χ3n) is 2.77. The molecule has 0 spiro atoms. The lowest BCUT2D eigenvalue weighted by molar-refractivity contribution is 0.102. The van der Waals surface area contributed by atoms with Gasteiger partial charge >= 0.3 is 0 Å². The predicted molar refractivity (Wildman–Crippen MR) is 80.8 cm³/mol. The quantitative estimate of drug-likeness (QED) is 0.860. The van der Waals surface area contributed by atoms with Gasteiger partial charge in [0.1, 0.15) is 0 Å². The topological polar surface area (TPSA) is 46.2 Å². The lowest BCUT2D eigenvalue weighted by Crippen LogP contribution is -2.12. The number of carbonyl (C=O) groups excluding carboxylic acids is 2. The highest BCUT2D eigenvalue weighted by Crippen LogP contribution is 2.27. The Balaban J connectivity index is 2.26. The Morgan fingerprint density at radius 3 is 2.30 bits per heavy atom. The fraction of sp³-hybridized carbons (Fsp3) is 0.0667. The van der Waals surface area contributed by atoms with Crippen molar-refractivity contribution >= 4 is 40.0 Å². The number of carbonyl (C=O) groups is 2. The highest BCUT2D eigenvalue weighted by molar-refractivity contribution is 6.69. The second-order valence-corrected chi connectivity index (χ2v) is 4.98. The van der Waals surface area contributed by atoms with Crippen LogP contribution in [-0.2, 0) is 0 Å². The van der Waals surface area contributed by atoms with E-state index in [1.165, 1.54) is 6.07 Å². The SMILES string of the molecule is Cc1ccc(C(=O)Nc2cccc(C(=O)Cl)c2Cl)cc1. The first-order chi connectivity index (χ1) is 9.49. The summed E-state index contributed by atoms with van der Waals surface area (Å²) in [5.74, 6) is -0.300. The zero-order valence-corrected chi connectivity index (χ0v) is 12.1. The Morgan fingerprint density at radius 2 is 1.70 bits per heavy atom. The van der Waals surface area contributed by atoms with Crippen LogP contribution in [0.25, 0.3) is 0 Å². The number of nitrogens with one attached hydrogen (secondary N) is 1. The molecule has 1 amide bonds. The normalized spacial score (nSPS) is 10.2. The van der Waals surface area contributed by atoms with Crippen LogP contribution in [0.15, 0.2) is 42.5 Å². The molecule has 2 rings (SSSR count). The van der Waals surface area contributed by atoms with Gasteiger partial charge in [-0.05, 0) is 42.8 Å². The number of halogens is 2. The molecule has 1 N–H and O–H groups in total. The average molecular weight is 308 g/mol. The van der Waals surface area contributed by atoms with E-state index in [1.54, 1.807) is 24.3 Å². The summed E-state index contributed by atoms with van der Waals surface area (Å²) in [4.78, 5) is 23.3. The molecule has 0 aliphatic rings. The number of benzene rings is 2. The molecule has 0 heterocycles. The van der Waals surface area contributed by atoms with E-state index in [2.05, 4.69) is 5.32 Å². The molecule has 5 heteroatoms. The van der Waals surface area contributed by atoms with Gasteiger partial charge in [-0.3, -0.25) is 9.59 Å². The third-order valence-corrected chi connectivity index (χ3v) is 3.38. The van der Waals surface area contributed by atoms with Crippen LogP contribution in [0.3, 0.4) is 0 Å². The maximum atomic E-state index is 12.1. The number of aryl methyl sites for hydroxylation is 1. The average Bonchev–Trinajstić information content (AvgIpc) is 2.41. The molecule has 2 aromatic carbocycles. The van der Waals surface area contributed by atoms with Crippen molar-refractivity contribution in [3.8, 4) is 0 Å². The summed E-state index contributed by atoms with van der Waals surface area (Å²) in [6.07, 6.45) is 0. The molecule has 0 fully saturated rings. The number of anilines is 1. The van der Waals surface area contributed by atoms with Crippen LogP contribution in [0.1, 0.15) is 26.3 Å². The van der Waals surface area contributed by atoms with Crippen molar-refractivity contribution < 1.29 is 9.59 Å². The summed E-state index contributed by atoms with van der Waals surface area (Å²) in [5.41, 5.74) is 2.09. The van der Waals surface area contributed by atoms with Gasteiger partial charge in [-0.2, -0.15) is 0 Å². The molecular formula is C15H11Cl2NO2. The van der Waals surface area contributed by atoms with Gasteiger partial charge in [-0.25, -0.2) is 0 Å². The maximum Gasteiger partial charge on any atom is 0.255 e. The van der Waals surface area contributed by atoms with E-state index in [9.17, 15) is 9.59 Å². The van der Waals surface area contributed by atoms with Crippen molar-refractivity contribution in [3.63, 3.8) is 0 Å².